The molecule has 3 nitrogen and oxygen atoms in total. The number of aliphatic hydroxyl groups excluding tert-OH is 1. The predicted molar refractivity (Wildman–Crippen MR) is 72.0 cm³/mol. The number of rotatable bonds is 6. The maximum atomic E-state index is 8.84. The molecular weight excluding hydrogens is 212 g/mol. The zero-order valence-corrected chi connectivity index (χ0v) is 11.0. The van der Waals surface area contributed by atoms with Gasteiger partial charge in [-0.25, -0.2) is 0 Å². The van der Waals surface area contributed by atoms with E-state index in [0.29, 0.717) is 12.5 Å². The van der Waals surface area contributed by atoms with Crippen molar-refractivity contribution in [1.82, 2.24) is 5.32 Å². The molecule has 0 spiro atoms. The molecule has 1 atom stereocenters. The second-order valence-corrected chi connectivity index (χ2v) is 4.91. The summed E-state index contributed by atoms with van der Waals surface area (Å²) in [7, 11) is 0. The molecule has 17 heavy (non-hydrogen) atoms. The Balaban J connectivity index is 2.60. The molecule has 0 aliphatic carbocycles. The molecule has 0 aromatic heterocycles. The highest BCUT2D eigenvalue weighted by atomic mass is 16.3. The van der Waals surface area contributed by atoms with Crippen LogP contribution in [0, 0.1) is 6.92 Å². The van der Waals surface area contributed by atoms with Gasteiger partial charge < -0.3 is 16.2 Å². The molecular formula is C14H24N2O. The molecule has 1 aromatic carbocycles. The van der Waals surface area contributed by atoms with E-state index in [4.69, 9.17) is 10.8 Å². The second kappa shape index (κ2) is 6.74. The van der Waals surface area contributed by atoms with Crippen molar-refractivity contribution in [2.75, 3.05) is 13.2 Å². The van der Waals surface area contributed by atoms with Crippen LogP contribution in [-0.2, 0) is 6.54 Å². The van der Waals surface area contributed by atoms with Crippen LogP contribution in [0.5, 0.6) is 0 Å². The highest BCUT2D eigenvalue weighted by molar-refractivity contribution is 5.32. The molecule has 0 aliphatic rings. The van der Waals surface area contributed by atoms with Crippen molar-refractivity contribution in [3.8, 4) is 0 Å². The molecule has 0 fully saturated rings. The third-order valence-electron chi connectivity index (χ3n) is 3.00. The summed E-state index contributed by atoms with van der Waals surface area (Å²) in [6.45, 7) is 7.99. The van der Waals surface area contributed by atoms with Gasteiger partial charge in [0.05, 0.1) is 6.61 Å². The van der Waals surface area contributed by atoms with Gasteiger partial charge in [0.15, 0.2) is 0 Å². The van der Waals surface area contributed by atoms with Crippen molar-refractivity contribution in [3.05, 3.63) is 34.9 Å². The fourth-order valence-corrected chi connectivity index (χ4v) is 1.70. The minimum atomic E-state index is -0.177. The van der Waals surface area contributed by atoms with Crippen LogP contribution in [0.2, 0.25) is 0 Å². The fourth-order valence-electron chi connectivity index (χ4n) is 1.70. The van der Waals surface area contributed by atoms with E-state index in [1.54, 1.807) is 0 Å². The first-order chi connectivity index (χ1) is 8.04. The Labute approximate surface area is 104 Å². The molecule has 0 bridgehead atoms. The Hall–Kier alpha value is -0.900. The lowest BCUT2D eigenvalue weighted by molar-refractivity contribution is 0.262. The first-order valence-corrected chi connectivity index (χ1v) is 6.21. The van der Waals surface area contributed by atoms with Gasteiger partial charge in [-0.3, -0.25) is 0 Å². The molecule has 4 N–H and O–H groups in total. The Morgan fingerprint density at radius 2 is 2.06 bits per heavy atom. The smallest absolute Gasteiger partial charge is 0.0594 e. The van der Waals surface area contributed by atoms with Crippen LogP contribution in [0.25, 0.3) is 0 Å². The van der Waals surface area contributed by atoms with E-state index < -0.39 is 0 Å². The summed E-state index contributed by atoms with van der Waals surface area (Å²) in [5.74, 6) is 0.550. The number of aliphatic hydroxyl groups is 1. The van der Waals surface area contributed by atoms with Crippen LogP contribution >= 0.6 is 0 Å². The first kappa shape index (κ1) is 14.2. The average Bonchev–Trinajstić information content (AvgIpc) is 2.30. The SMILES string of the molecule is Cc1ccc(C(C)C)cc1CNCC(N)CO. The third kappa shape index (κ3) is 4.46. The molecule has 0 radical (unpaired) electrons. The molecule has 0 heterocycles. The largest absolute Gasteiger partial charge is 0.395 e. The third-order valence-corrected chi connectivity index (χ3v) is 3.00. The molecule has 96 valence electrons. The predicted octanol–water partition coefficient (Wildman–Crippen LogP) is 1.53. The van der Waals surface area contributed by atoms with Crippen molar-refractivity contribution < 1.29 is 5.11 Å². The van der Waals surface area contributed by atoms with Gasteiger partial charge in [-0.05, 0) is 29.5 Å². The van der Waals surface area contributed by atoms with E-state index in [0.717, 1.165) is 6.54 Å². The van der Waals surface area contributed by atoms with Crippen molar-refractivity contribution >= 4 is 0 Å². The second-order valence-electron chi connectivity index (χ2n) is 4.91. The fraction of sp³-hybridized carbons (Fsp3) is 0.571. The van der Waals surface area contributed by atoms with Gasteiger partial charge in [-0.2, -0.15) is 0 Å². The van der Waals surface area contributed by atoms with Gasteiger partial charge in [-0.1, -0.05) is 32.0 Å². The lowest BCUT2D eigenvalue weighted by Gasteiger charge is -2.13. The van der Waals surface area contributed by atoms with Gasteiger partial charge in [0.2, 0.25) is 0 Å². The van der Waals surface area contributed by atoms with Crippen LogP contribution in [0.4, 0.5) is 0 Å². The van der Waals surface area contributed by atoms with Gasteiger partial charge in [0.1, 0.15) is 0 Å². The molecule has 1 rings (SSSR count). The maximum Gasteiger partial charge on any atom is 0.0594 e. The van der Waals surface area contributed by atoms with E-state index in [1.807, 2.05) is 0 Å². The number of aryl methyl sites for hydroxylation is 1. The molecule has 0 saturated carbocycles. The number of nitrogens with one attached hydrogen (secondary N) is 1. The highest BCUT2D eigenvalue weighted by Crippen LogP contribution is 2.18. The molecule has 0 saturated heterocycles. The standard InChI is InChI=1S/C14H24N2O/c1-10(2)12-5-4-11(3)13(6-12)7-16-8-14(15)9-17/h4-6,10,14,16-17H,7-9,15H2,1-3H3. The average molecular weight is 236 g/mol. The van der Waals surface area contributed by atoms with Crippen LogP contribution in [0.3, 0.4) is 0 Å². The van der Waals surface area contributed by atoms with Gasteiger partial charge in [0, 0.05) is 19.1 Å². The summed E-state index contributed by atoms with van der Waals surface area (Å²) < 4.78 is 0. The van der Waals surface area contributed by atoms with Crippen molar-refractivity contribution in [2.24, 2.45) is 5.73 Å². The van der Waals surface area contributed by atoms with Gasteiger partial charge in [0.25, 0.3) is 0 Å². The number of hydrogen-bond acceptors (Lipinski definition) is 3. The lowest BCUT2D eigenvalue weighted by atomic mass is 9.98. The van der Waals surface area contributed by atoms with E-state index >= 15 is 0 Å². The zero-order valence-electron chi connectivity index (χ0n) is 11.0. The summed E-state index contributed by atoms with van der Waals surface area (Å²) >= 11 is 0. The lowest BCUT2D eigenvalue weighted by Crippen LogP contribution is -2.36. The van der Waals surface area contributed by atoms with Crippen molar-refractivity contribution in [1.29, 1.82) is 0 Å². The number of nitrogens with two attached hydrogens (primary N) is 1. The molecule has 1 aromatic rings. The Morgan fingerprint density at radius 3 is 2.65 bits per heavy atom. The van der Waals surface area contributed by atoms with E-state index in [2.05, 4.69) is 44.3 Å². The van der Waals surface area contributed by atoms with Crippen molar-refractivity contribution in [3.63, 3.8) is 0 Å². The molecule has 0 amide bonds. The van der Waals surface area contributed by atoms with Crippen molar-refractivity contribution in [2.45, 2.75) is 39.3 Å². The normalized spacial score (nSPS) is 13.1. The van der Waals surface area contributed by atoms with E-state index in [-0.39, 0.29) is 12.6 Å². The van der Waals surface area contributed by atoms with Crippen LogP contribution in [0.1, 0.15) is 36.5 Å². The summed E-state index contributed by atoms with van der Waals surface area (Å²) in [4.78, 5) is 0. The van der Waals surface area contributed by atoms with Crippen LogP contribution in [-0.4, -0.2) is 24.3 Å². The van der Waals surface area contributed by atoms with Crippen LogP contribution < -0.4 is 11.1 Å². The Bertz CT molecular complexity index is 350. The quantitative estimate of drug-likeness (QED) is 0.702. The minimum absolute atomic E-state index is 0.0258. The van der Waals surface area contributed by atoms with E-state index in [9.17, 15) is 0 Å². The first-order valence-electron chi connectivity index (χ1n) is 6.21. The molecule has 1 unspecified atom stereocenters. The summed E-state index contributed by atoms with van der Waals surface area (Å²) in [6.07, 6.45) is 0. The summed E-state index contributed by atoms with van der Waals surface area (Å²) in [5.41, 5.74) is 9.60. The molecule has 0 aliphatic heterocycles. The van der Waals surface area contributed by atoms with E-state index in [1.165, 1.54) is 16.7 Å². The molecule has 3 heteroatoms. The monoisotopic (exact) mass is 236 g/mol. The topological polar surface area (TPSA) is 58.3 Å². The number of benzene rings is 1. The minimum Gasteiger partial charge on any atom is -0.395 e. The Kier molecular flexibility index (Phi) is 5.62. The number of hydrogen-bond donors (Lipinski definition) is 3. The summed E-state index contributed by atoms with van der Waals surface area (Å²) in [6, 6.07) is 6.42. The summed E-state index contributed by atoms with van der Waals surface area (Å²) in [5, 5.41) is 12.1. The van der Waals surface area contributed by atoms with Gasteiger partial charge in [-0.15, -0.1) is 0 Å². The van der Waals surface area contributed by atoms with Gasteiger partial charge >= 0.3 is 0 Å². The maximum absolute atomic E-state index is 8.84. The van der Waals surface area contributed by atoms with Crippen LogP contribution in [0.15, 0.2) is 18.2 Å². The Morgan fingerprint density at radius 1 is 1.35 bits per heavy atom. The highest BCUT2D eigenvalue weighted by Gasteiger charge is 2.04. The zero-order chi connectivity index (χ0) is 12.8.